The highest BCUT2D eigenvalue weighted by Crippen LogP contribution is 2.47. The Balaban J connectivity index is 0.986. The average molecular weight is 812 g/mol. The van der Waals surface area contributed by atoms with Crippen molar-refractivity contribution >= 4 is 90.9 Å². The Morgan fingerprint density at radius 1 is 0.279 bits per heavy atom. The Bertz CT molecular complexity index is 3590. The molecule has 0 saturated heterocycles. The van der Waals surface area contributed by atoms with E-state index in [0.717, 1.165) is 17.1 Å². The van der Waals surface area contributed by atoms with Crippen LogP contribution in [0.15, 0.2) is 224 Å². The summed E-state index contributed by atoms with van der Waals surface area (Å²) in [5, 5.41) is 7.78. The van der Waals surface area contributed by atoms with Gasteiger partial charge in [-0.3, -0.25) is 0 Å². The molecule has 0 aliphatic carbocycles. The molecule has 0 aliphatic rings. The van der Waals surface area contributed by atoms with Crippen LogP contribution in [0.25, 0.3) is 95.6 Å². The fraction of sp³-hybridized carbons (Fsp3) is 0. The number of anilines is 3. The second kappa shape index (κ2) is 14.8. The predicted octanol–water partition coefficient (Wildman–Crippen LogP) is 17.7. The number of hydrogen-bond acceptors (Lipinski definition) is 3. The van der Waals surface area contributed by atoms with Crippen LogP contribution < -0.4 is 4.90 Å². The maximum Gasteiger partial charge on any atom is 0.0540 e. The van der Waals surface area contributed by atoms with E-state index in [1.807, 2.05) is 22.7 Å². The van der Waals surface area contributed by atoms with Crippen molar-refractivity contribution in [1.29, 1.82) is 0 Å². The minimum absolute atomic E-state index is 1.10. The monoisotopic (exact) mass is 811 g/mol. The van der Waals surface area contributed by atoms with E-state index in [1.165, 1.54) is 95.6 Å². The van der Waals surface area contributed by atoms with Gasteiger partial charge in [-0.25, -0.2) is 0 Å². The lowest BCUT2D eigenvalue weighted by Gasteiger charge is -2.28. The van der Waals surface area contributed by atoms with Crippen molar-refractivity contribution < 1.29 is 0 Å². The normalized spacial score (nSPS) is 11.6. The zero-order chi connectivity index (χ0) is 40.3. The molecule has 0 bridgehead atoms. The van der Waals surface area contributed by atoms with Crippen molar-refractivity contribution in [2.45, 2.75) is 0 Å². The average Bonchev–Trinajstić information content (AvgIpc) is 3.90. The topological polar surface area (TPSA) is 3.24 Å². The molecule has 12 aromatic rings. The molecule has 2 aromatic heterocycles. The van der Waals surface area contributed by atoms with Crippen molar-refractivity contribution in [3.8, 4) is 44.5 Å². The number of hydrogen-bond donors (Lipinski definition) is 0. The largest absolute Gasteiger partial charge is 0.310 e. The Morgan fingerprint density at radius 2 is 0.820 bits per heavy atom. The van der Waals surface area contributed by atoms with E-state index in [-0.39, 0.29) is 0 Å². The molecule has 0 radical (unpaired) electrons. The number of thiophene rings is 2. The molecule has 12 rings (SSSR count). The summed E-state index contributed by atoms with van der Waals surface area (Å²) >= 11 is 3.73. The Hall–Kier alpha value is -7.30. The van der Waals surface area contributed by atoms with Gasteiger partial charge in [0.1, 0.15) is 0 Å². The van der Waals surface area contributed by atoms with E-state index >= 15 is 0 Å². The summed E-state index contributed by atoms with van der Waals surface area (Å²) < 4.78 is 5.25. The van der Waals surface area contributed by atoms with Gasteiger partial charge in [0.2, 0.25) is 0 Å². The van der Waals surface area contributed by atoms with Crippen LogP contribution in [-0.2, 0) is 0 Å². The van der Waals surface area contributed by atoms with Gasteiger partial charge < -0.3 is 4.90 Å². The summed E-state index contributed by atoms with van der Waals surface area (Å²) in [6, 6.07) is 82.5. The molecule has 3 heteroatoms. The molecule has 0 unspecified atom stereocenters. The van der Waals surface area contributed by atoms with Crippen molar-refractivity contribution in [3.05, 3.63) is 224 Å². The van der Waals surface area contributed by atoms with Crippen molar-refractivity contribution in [2.75, 3.05) is 4.90 Å². The number of nitrogens with zero attached hydrogens (tertiary/aromatic N) is 1. The van der Waals surface area contributed by atoms with Gasteiger partial charge >= 0.3 is 0 Å². The molecule has 0 N–H and O–H groups in total. The number of rotatable bonds is 7. The van der Waals surface area contributed by atoms with E-state index in [9.17, 15) is 0 Å². The third kappa shape index (κ3) is 6.21. The van der Waals surface area contributed by atoms with Gasteiger partial charge in [-0.15, -0.1) is 22.7 Å². The molecule has 0 atom stereocenters. The van der Waals surface area contributed by atoms with E-state index < -0.39 is 0 Å². The highest BCUT2D eigenvalue weighted by atomic mass is 32.1. The molecule has 0 amide bonds. The van der Waals surface area contributed by atoms with Gasteiger partial charge in [0, 0.05) is 57.3 Å². The van der Waals surface area contributed by atoms with Crippen molar-refractivity contribution in [3.63, 3.8) is 0 Å². The lowest BCUT2D eigenvalue weighted by molar-refractivity contribution is 1.28. The standard InChI is InChI=1S/C58H37NS2/c1-2-16-46-40(12-1)13-10-20-47(46)41-28-26-38(27-29-41)42-14-9-15-45(36-42)59(44-33-30-39(31-34-44)43-32-35-50-49-18-4-7-23-54(49)61-57(50)37-43)53-22-6-3-17-48(53)51-21-11-25-56-58(51)52-19-5-8-24-55(52)60-56/h1-37H. The Labute approximate surface area is 362 Å². The van der Waals surface area contributed by atoms with Crippen LogP contribution in [0.1, 0.15) is 0 Å². The first-order valence-corrected chi connectivity index (χ1v) is 22.4. The van der Waals surface area contributed by atoms with Gasteiger partial charge in [-0.2, -0.15) is 0 Å². The molecule has 2 heterocycles. The third-order valence-electron chi connectivity index (χ3n) is 12.1. The molecule has 10 aromatic carbocycles. The third-order valence-corrected chi connectivity index (χ3v) is 14.4. The zero-order valence-electron chi connectivity index (χ0n) is 33.1. The quantitative estimate of drug-likeness (QED) is 0.155. The lowest BCUT2D eigenvalue weighted by Crippen LogP contribution is -2.11. The Morgan fingerprint density at radius 3 is 1.67 bits per heavy atom. The molecular formula is C58H37NS2. The highest BCUT2D eigenvalue weighted by Gasteiger charge is 2.20. The van der Waals surface area contributed by atoms with Gasteiger partial charge in [0.15, 0.2) is 0 Å². The fourth-order valence-electron chi connectivity index (χ4n) is 9.18. The second-order valence-corrected chi connectivity index (χ2v) is 17.8. The van der Waals surface area contributed by atoms with E-state index in [2.05, 4.69) is 229 Å². The van der Waals surface area contributed by atoms with Crippen LogP contribution in [0.5, 0.6) is 0 Å². The maximum absolute atomic E-state index is 2.44. The van der Waals surface area contributed by atoms with Gasteiger partial charge in [-0.05, 0) is 104 Å². The smallest absolute Gasteiger partial charge is 0.0540 e. The molecule has 286 valence electrons. The predicted molar refractivity (Wildman–Crippen MR) is 266 cm³/mol. The van der Waals surface area contributed by atoms with Gasteiger partial charge in [0.05, 0.1) is 5.69 Å². The minimum atomic E-state index is 1.10. The van der Waals surface area contributed by atoms with Crippen LogP contribution in [0.3, 0.4) is 0 Å². The van der Waals surface area contributed by atoms with Gasteiger partial charge in [-0.1, -0.05) is 170 Å². The molecule has 1 nitrogen and oxygen atoms in total. The first kappa shape index (κ1) is 35.6. The van der Waals surface area contributed by atoms with Crippen LogP contribution >= 0.6 is 22.7 Å². The first-order chi connectivity index (χ1) is 30.2. The summed E-state index contributed by atoms with van der Waals surface area (Å²) in [5.74, 6) is 0. The molecule has 0 spiro atoms. The maximum atomic E-state index is 2.44. The van der Waals surface area contributed by atoms with Crippen LogP contribution in [0.2, 0.25) is 0 Å². The van der Waals surface area contributed by atoms with Crippen LogP contribution in [-0.4, -0.2) is 0 Å². The first-order valence-electron chi connectivity index (χ1n) is 20.7. The fourth-order valence-corrected chi connectivity index (χ4v) is 11.5. The van der Waals surface area contributed by atoms with E-state index in [1.54, 1.807) is 0 Å². The number of benzene rings is 10. The minimum Gasteiger partial charge on any atom is -0.310 e. The summed E-state index contributed by atoms with van der Waals surface area (Å²) in [4.78, 5) is 2.44. The SMILES string of the molecule is c1cc(-c2ccc(-c3cccc4ccccc34)cc2)cc(N(c2ccc(-c3ccc4c(c3)sc3ccccc34)cc2)c2ccccc2-c2cccc3sc4ccccc4c23)c1. The van der Waals surface area contributed by atoms with Crippen molar-refractivity contribution in [2.24, 2.45) is 0 Å². The Kier molecular flexibility index (Phi) is 8.62. The van der Waals surface area contributed by atoms with Gasteiger partial charge in [0.25, 0.3) is 0 Å². The number of fused-ring (bicyclic) bond motifs is 7. The second-order valence-electron chi connectivity index (χ2n) is 15.6. The van der Waals surface area contributed by atoms with Crippen LogP contribution in [0, 0.1) is 0 Å². The number of para-hydroxylation sites is 1. The molecule has 61 heavy (non-hydrogen) atoms. The molecule has 0 fully saturated rings. The molecule has 0 aliphatic heterocycles. The summed E-state index contributed by atoms with van der Waals surface area (Å²) in [6.07, 6.45) is 0. The molecule has 0 saturated carbocycles. The zero-order valence-corrected chi connectivity index (χ0v) is 34.8. The molecular weight excluding hydrogens is 775 g/mol. The summed E-state index contributed by atoms with van der Waals surface area (Å²) in [7, 11) is 0. The summed E-state index contributed by atoms with van der Waals surface area (Å²) in [5.41, 5.74) is 13.0. The summed E-state index contributed by atoms with van der Waals surface area (Å²) in [6.45, 7) is 0. The van der Waals surface area contributed by atoms with Crippen LogP contribution in [0.4, 0.5) is 17.1 Å². The lowest BCUT2D eigenvalue weighted by atomic mass is 9.95. The van der Waals surface area contributed by atoms with Crippen molar-refractivity contribution in [1.82, 2.24) is 0 Å². The highest BCUT2D eigenvalue weighted by molar-refractivity contribution is 7.26. The van der Waals surface area contributed by atoms with E-state index in [0.29, 0.717) is 0 Å². The van der Waals surface area contributed by atoms with E-state index in [4.69, 9.17) is 0 Å².